The number of amides is 1. The first kappa shape index (κ1) is 24.2. The van der Waals surface area contributed by atoms with E-state index in [0.29, 0.717) is 6.42 Å². The zero-order valence-corrected chi connectivity index (χ0v) is 17.3. The summed E-state index contributed by atoms with van der Waals surface area (Å²) >= 11 is 17.5. The van der Waals surface area contributed by atoms with E-state index in [0.717, 1.165) is 43.9 Å². The van der Waals surface area contributed by atoms with Gasteiger partial charge in [0, 0.05) is 12.5 Å². The largest absolute Gasteiger partial charge is 0.459 e. The summed E-state index contributed by atoms with van der Waals surface area (Å²) in [4.78, 5) is 32.4. The molecule has 0 aliphatic carbocycles. The van der Waals surface area contributed by atoms with Gasteiger partial charge in [0.15, 0.2) is 5.75 Å². The second kappa shape index (κ2) is 11.2. The molecule has 0 radical (unpaired) electrons. The third kappa shape index (κ3) is 8.04. The Morgan fingerprint density at radius 1 is 1.14 bits per heavy atom. The van der Waals surface area contributed by atoms with E-state index in [-0.39, 0.29) is 12.2 Å². The van der Waals surface area contributed by atoms with Gasteiger partial charge in [0.2, 0.25) is 15.9 Å². The monoisotopic (exact) mass is 455 g/mol. The van der Waals surface area contributed by atoms with Gasteiger partial charge < -0.3 is 10.1 Å². The van der Waals surface area contributed by atoms with Crippen LogP contribution in [0.5, 0.6) is 5.75 Å². The van der Waals surface area contributed by atoms with Gasteiger partial charge in [0.1, 0.15) is 0 Å². The van der Waals surface area contributed by atoms with Gasteiger partial charge in [-0.3, -0.25) is 25.0 Å². The van der Waals surface area contributed by atoms with E-state index in [1.165, 1.54) is 0 Å². The predicted molar refractivity (Wildman–Crippen MR) is 106 cm³/mol. The number of nitro groups is 2. The van der Waals surface area contributed by atoms with E-state index in [1.54, 1.807) is 0 Å². The minimum Gasteiger partial charge on any atom is -0.459 e. The highest BCUT2D eigenvalue weighted by atomic mass is 35.6. The summed E-state index contributed by atoms with van der Waals surface area (Å²) in [5.74, 6) is -0.826. The lowest BCUT2D eigenvalue weighted by atomic mass is 10.1. The molecule has 0 fully saturated rings. The highest BCUT2D eigenvalue weighted by molar-refractivity contribution is 6.68. The van der Waals surface area contributed by atoms with Crippen molar-refractivity contribution in [2.45, 2.75) is 55.5 Å². The number of hydrogen-bond acceptors (Lipinski definition) is 6. The number of alkyl halides is 3. The smallest absolute Gasteiger partial charge is 0.317 e. The maximum atomic E-state index is 12.1. The molecule has 0 saturated carbocycles. The maximum Gasteiger partial charge on any atom is 0.317 e. The van der Waals surface area contributed by atoms with Crippen molar-refractivity contribution in [1.29, 1.82) is 0 Å². The molecule has 0 aromatic heterocycles. The Hall–Kier alpha value is -1.84. The predicted octanol–water partition coefficient (Wildman–Crippen LogP) is 5.05. The minimum atomic E-state index is -2.13. The maximum absolute atomic E-state index is 12.1. The first-order chi connectivity index (χ1) is 13.1. The summed E-state index contributed by atoms with van der Waals surface area (Å²) in [6.07, 6.45) is 3.30. The fraction of sp³-hybridized carbons (Fsp3) is 0.562. The lowest BCUT2D eigenvalue weighted by Crippen LogP contribution is -2.47. The number of ether oxygens (including phenoxy) is 1. The second-order valence-electron chi connectivity index (χ2n) is 5.94. The zero-order valence-electron chi connectivity index (χ0n) is 15.0. The molecule has 9 nitrogen and oxygen atoms in total. The van der Waals surface area contributed by atoms with Gasteiger partial charge in [-0.25, -0.2) is 0 Å². The van der Waals surface area contributed by atoms with Crippen molar-refractivity contribution in [1.82, 2.24) is 5.32 Å². The molecule has 1 amide bonds. The van der Waals surface area contributed by atoms with Crippen LogP contribution in [-0.4, -0.2) is 25.8 Å². The Bertz CT molecular complexity index is 711. The third-order valence-corrected chi connectivity index (χ3v) is 4.29. The van der Waals surface area contributed by atoms with Crippen molar-refractivity contribution in [2.24, 2.45) is 0 Å². The molecule has 0 bridgehead atoms. The van der Waals surface area contributed by atoms with Gasteiger partial charge in [0.25, 0.3) is 5.69 Å². The number of rotatable bonds is 11. The van der Waals surface area contributed by atoms with Crippen LogP contribution in [0.3, 0.4) is 0 Å². The first-order valence-electron chi connectivity index (χ1n) is 8.51. The van der Waals surface area contributed by atoms with Gasteiger partial charge in [0.05, 0.1) is 15.9 Å². The highest BCUT2D eigenvalue weighted by Crippen LogP contribution is 2.36. The molecule has 0 aliphatic heterocycles. The van der Waals surface area contributed by atoms with Gasteiger partial charge in [-0.15, -0.1) is 0 Å². The van der Waals surface area contributed by atoms with Crippen molar-refractivity contribution in [2.75, 3.05) is 0 Å². The molecule has 1 unspecified atom stereocenters. The van der Waals surface area contributed by atoms with Gasteiger partial charge >= 0.3 is 5.69 Å². The minimum absolute atomic E-state index is 0.173. The zero-order chi connectivity index (χ0) is 21.3. The lowest BCUT2D eigenvalue weighted by molar-refractivity contribution is -0.394. The number of carbonyl (C=O) groups excluding carboxylic acids is 1. The number of nitrogens with one attached hydrogen (secondary N) is 1. The Morgan fingerprint density at radius 2 is 1.79 bits per heavy atom. The topological polar surface area (TPSA) is 125 Å². The van der Waals surface area contributed by atoms with Gasteiger partial charge in [-0.05, 0) is 12.5 Å². The van der Waals surface area contributed by atoms with E-state index >= 15 is 0 Å². The molecule has 0 spiro atoms. The van der Waals surface area contributed by atoms with Crippen LogP contribution in [0.2, 0.25) is 0 Å². The molecule has 0 heterocycles. The van der Waals surface area contributed by atoms with Crippen molar-refractivity contribution in [3.05, 3.63) is 38.4 Å². The highest BCUT2D eigenvalue weighted by Gasteiger charge is 2.37. The molecular formula is C16H20Cl3N3O6. The Labute approximate surface area is 176 Å². The Morgan fingerprint density at radius 3 is 2.32 bits per heavy atom. The lowest BCUT2D eigenvalue weighted by Gasteiger charge is -2.26. The van der Waals surface area contributed by atoms with Crippen molar-refractivity contribution in [3.63, 3.8) is 0 Å². The fourth-order valence-electron chi connectivity index (χ4n) is 2.27. The van der Waals surface area contributed by atoms with E-state index < -0.39 is 37.1 Å². The summed E-state index contributed by atoms with van der Waals surface area (Å²) < 4.78 is 3.20. The summed E-state index contributed by atoms with van der Waals surface area (Å²) in [6.45, 7) is 2.08. The molecule has 0 aliphatic rings. The van der Waals surface area contributed by atoms with Crippen LogP contribution in [0.15, 0.2) is 18.2 Å². The summed E-state index contributed by atoms with van der Waals surface area (Å²) in [6, 6.07) is 2.74. The molecule has 1 rings (SSSR count). The average Bonchev–Trinajstić information content (AvgIpc) is 2.60. The van der Waals surface area contributed by atoms with Crippen LogP contribution >= 0.6 is 34.8 Å². The van der Waals surface area contributed by atoms with E-state index in [9.17, 15) is 25.0 Å². The second-order valence-corrected chi connectivity index (χ2v) is 8.31. The van der Waals surface area contributed by atoms with Crippen LogP contribution in [0.1, 0.15) is 45.4 Å². The van der Waals surface area contributed by atoms with E-state index in [2.05, 4.69) is 12.2 Å². The summed E-state index contributed by atoms with van der Waals surface area (Å²) in [7, 11) is 0. The number of non-ortho nitro benzene ring substituents is 1. The molecule has 0 saturated heterocycles. The van der Waals surface area contributed by atoms with E-state index in [1.807, 2.05) is 0 Å². The molecule has 1 atom stereocenters. The SMILES string of the molecule is CCCCCCCC(=O)NC(Oc1ccc([N+](=O)[O-])cc1[N+](=O)[O-])C(Cl)(Cl)Cl. The molecule has 1 aromatic carbocycles. The normalized spacial score (nSPS) is 12.3. The Kier molecular flexibility index (Phi) is 9.71. The van der Waals surface area contributed by atoms with Crippen LogP contribution in [-0.2, 0) is 4.79 Å². The number of nitro benzene ring substituents is 2. The number of unbranched alkanes of at least 4 members (excludes halogenated alkanes) is 4. The quantitative estimate of drug-likeness (QED) is 0.163. The molecule has 1 N–H and O–H groups in total. The number of hydrogen-bond donors (Lipinski definition) is 1. The standard InChI is InChI=1S/C16H20Cl3N3O6/c1-2-3-4-5-6-7-14(23)20-15(16(17,18)19)28-13-9-8-11(21(24)25)10-12(13)22(26)27/h8-10,15H,2-7H2,1H3,(H,20,23). The fourth-order valence-corrected chi connectivity index (χ4v) is 2.57. The van der Waals surface area contributed by atoms with Crippen molar-refractivity contribution in [3.8, 4) is 5.75 Å². The molecule has 156 valence electrons. The summed E-state index contributed by atoms with van der Waals surface area (Å²) in [5, 5.41) is 24.4. The molecule has 12 heteroatoms. The summed E-state index contributed by atoms with van der Waals surface area (Å²) in [5.41, 5.74) is -1.19. The van der Waals surface area contributed by atoms with Crippen molar-refractivity contribution >= 4 is 52.1 Å². The Balaban J connectivity index is 2.88. The van der Waals surface area contributed by atoms with Gasteiger partial charge in [-0.1, -0.05) is 67.4 Å². The third-order valence-electron chi connectivity index (χ3n) is 3.69. The number of nitrogens with zero attached hydrogens (tertiary/aromatic N) is 2. The van der Waals surface area contributed by atoms with Gasteiger partial charge in [-0.2, -0.15) is 0 Å². The molecular weight excluding hydrogens is 437 g/mol. The van der Waals surface area contributed by atoms with Crippen LogP contribution in [0.4, 0.5) is 11.4 Å². The van der Waals surface area contributed by atoms with Crippen molar-refractivity contribution < 1.29 is 19.4 Å². The van der Waals surface area contributed by atoms with Crippen LogP contribution in [0.25, 0.3) is 0 Å². The molecule has 1 aromatic rings. The average molecular weight is 457 g/mol. The van der Waals surface area contributed by atoms with Crippen LogP contribution < -0.4 is 10.1 Å². The first-order valence-corrected chi connectivity index (χ1v) is 9.65. The van der Waals surface area contributed by atoms with E-state index in [4.69, 9.17) is 39.5 Å². The number of halogens is 3. The van der Waals surface area contributed by atoms with Crippen LogP contribution in [0, 0.1) is 20.2 Å². The molecule has 28 heavy (non-hydrogen) atoms. The number of benzene rings is 1. The number of carbonyl (C=O) groups is 1.